The molecule has 0 aromatic heterocycles. The number of aryl methyl sites for hydroxylation is 2. The Balaban J connectivity index is 2.03. The van der Waals surface area contributed by atoms with Crippen LogP contribution in [-0.2, 0) is 9.59 Å². The molecule has 126 valence electrons. The minimum atomic E-state index is -0.0117. The van der Waals surface area contributed by atoms with Gasteiger partial charge in [-0.05, 0) is 43.9 Å². The lowest BCUT2D eigenvalue weighted by molar-refractivity contribution is -0.131. The molecule has 0 bridgehead atoms. The molecule has 1 saturated heterocycles. The SMILES string of the molecule is CC(=O)N(CCC(=O)N1CCCCCC1)c1cc(C)ccc1C. The van der Waals surface area contributed by atoms with Crippen LogP contribution >= 0.6 is 0 Å². The third kappa shape index (κ3) is 4.81. The van der Waals surface area contributed by atoms with Crippen LogP contribution in [0.4, 0.5) is 5.69 Å². The van der Waals surface area contributed by atoms with Gasteiger partial charge in [0.1, 0.15) is 0 Å². The zero-order chi connectivity index (χ0) is 16.8. The summed E-state index contributed by atoms with van der Waals surface area (Å²) in [5.41, 5.74) is 3.10. The highest BCUT2D eigenvalue weighted by Gasteiger charge is 2.19. The molecule has 1 fully saturated rings. The largest absolute Gasteiger partial charge is 0.343 e. The van der Waals surface area contributed by atoms with Crippen molar-refractivity contribution in [3.8, 4) is 0 Å². The number of nitrogens with zero attached hydrogens (tertiary/aromatic N) is 2. The van der Waals surface area contributed by atoms with Crippen LogP contribution in [0.3, 0.4) is 0 Å². The summed E-state index contributed by atoms with van der Waals surface area (Å²) in [4.78, 5) is 28.2. The predicted molar refractivity (Wildman–Crippen MR) is 93.6 cm³/mol. The van der Waals surface area contributed by atoms with Crippen molar-refractivity contribution in [2.24, 2.45) is 0 Å². The van der Waals surface area contributed by atoms with E-state index in [1.54, 1.807) is 11.8 Å². The molecular weight excluding hydrogens is 288 g/mol. The molecule has 1 aliphatic rings. The second-order valence-electron chi connectivity index (χ2n) is 6.51. The maximum atomic E-state index is 12.4. The molecule has 0 aliphatic carbocycles. The molecule has 0 spiro atoms. The van der Waals surface area contributed by atoms with Gasteiger partial charge in [-0.25, -0.2) is 0 Å². The van der Waals surface area contributed by atoms with E-state index in [9.17, 15) is 9.59 Å². The number of rotatable bonds is 4. The van der Waals surface area contributed by atoms with Crippen molar-refractivity contribution in [1.29, 1.82) is 0 Å². The Kier molecular flexibility index (Phi) is 6.20. The van der Waals surface area contributed by atoms with E-state index in [2.05, 4.69) is 0 Å². The lowest BCUT2D eigenvalue weighted by atomic mass is 10.1. The molecule has 4 heteroatoms. The molecule has 2 amide bonds. The first kappa shape index (κ1) is 17.5. The van der Waals surface area contributed by atoms with Crippen molar-refractivity contribution in [2.45, 2.75) is 52.9 Å². The topological polar surface area (TPSA) is 40.6 Å². The number of carbonyl (C=O) groups is 2. The average Bonchev–Trinajstić information content (AvgIpc) is 2.79. The van der Waals surface area contributed by atoms with Gasteiger partial charge in [0.15, 0.2) is 0 Å². The van der Waals surface area contributed by atoms with E-state index in [1.165, 1.54) is 12.8 Å². The zero-order valence-corrected chi connectivity index (χ0v) is 14.6. The van der Waals surface area contributed by atoms with Gasteiger partial charge in [0, 0.05) is 38.7 Å². The standard InChI is InChI=1S/C19H28N2O2/c1-15-8-9-16(2)18(14-15)21(17(3)22)13-10-19(23)20-11-6-4-5-7-12-20/h8-9,14H,4-7,10-13H2,1-3H3. The number of benzene rings is 1. The average molecular weight is 316 g/mol. The molecular formula is C19H28N2O2. The van der Waals surface area contributed by atoms with E-state index in [4.69, 9.17) is 0 Å². The van der Waals surface area contributed by atoms with Crippen LogP contribution in [0.5, 0.6) is 0 Å². The molecule has 1 aromatic rings. The predicted octanol–water partition coefficient (Wildman–Crippen LogP) is 3.45. The second-order valence-corrected chi connectivity index (χ2v) is 6.51. The van der Waals surface area contributed by atoms with Crippen molar-refractivity contribution >= 4 is 17.5 Å². The Morgan fingerprint density at radius 3 is 2.35 bits per heavy atom. The van der Waals surface area contributed by atoms with Gasteiger partial charge in [0.05, 0.1) is 0 Å². The van der Waals surface area contributed by atoms with Gasteiger partial charge < -0.3 is 9.80 Å². The number of likely N-dealkylation sites (tertiary alicyclic amines) is 1. The van der Waals surface area contributed by atoms with Crippen molar-refractivity contribution in [3.63, 3.8) is 0 Å². The van der Waals surface area contributed by atoms with Crippen molar-refractivity contribution in [1.82, 2.24) is 4.90 Å². The smallest absolute Gasteiger partial charge is 0.224 e. The molecule has 0 atom stereocenters. The van der Waals surface area contributed by atoms with E-state index in [0.717, 1.165) is 42.7 Å². The summed E-state index contributed by atoms with van der Waals surface area (Å²) in [6.07, 6.45) is 5.02. The first-order chi connectivity index (χ1) is 11.0. The van der Waals surface area contributed by atoms with E-state index in [0.29, 0.717) is 13.0 Å². The molecule has 0 saturated carbocycles. The van der Waals surface area contributed by atoms with Gasteiger partial charge in [-0.15, -0.1) is 0 Å². The van der Waals surface area contributed by atoms with Gasteiger partial charge in [-0.3, -0.25) is 9.59 Å². The minimum Gasteiger partial charge on any atom is -0.343 e. The fourth-order valence-electron chi connectivity index (χ4n) is 3.14. The Morgan fingerprint density at radius 1 is 1.09 bits per heavy atom. The van der Waals surface area contributed by atoms with Crippen LogP contribution in [0.1, 0.15) is 50.2 Å². The molecule has 1 heterocycles. The maximum Gasteiger partial charge on any atom is 0.224 e. The van der Waals surface area contributed by atoms with E-state index < -0.39 is 0 Å². The monoisotopic (exact) mass is 316 g/mol. The van der Waals surface area contributed by atoms with Crippen molar-refractivity contribution in [3.05, 3.63) is 29.3 Å². The van der Waals surface area contributed by atoms with Crippen LogP contribution < -0.4 is 4.90 Å². The summed E-state index contributed by atoms with van der Waals surface area (Å²) in [5, 5.41) is 0. The molecule has 0 N–H and O–H groups in total. The Morgan fingerprint density at radius 2 is 1.74 bits per heavy atom. The van der Waals surface area contributed by atoms with E-state index >= 15 is 0 Å². The Labute approximate surface area is 139 Å². The van der Waals surface area contributed by atoms with Crippen LogP contribution in [-0.4, -0.2) is 36.3 Å². The van der Waals surface area contributed by atoms with Crippen molar-refractivity contribution in [2.75, 3.05) is 24.5 Å². The third-order valence-corrected chi connectivity index (χ3v) is 4.54. The van der Waals surface area contributed by atoms with Gasteiger partial charge in [-0.2, -0.15) is 0 Å². The summed E-state index contributed by atoms with van der Waals surface area (Å²) in [5.74, 6) is 0.158. The number of carbonyl (C=O) groups excluding carboxylic acids is 2. The van der Waals surface area contributed by atoms with E-state index in [-0.39, 0.29) is 11.8 Å². The normalized spacial score (nSPS) is 15.2. The van der Waals surface area contributed by atoms with Crippen LogP contribution in [0, 0.1) is 13.8 Å². The summed E-state index contributed by atoms with van der Waals surface area (Å²) >= 11 is 0. The summed E-state index contributed by atoms with van der Waals surface area (Å²) in [6, 6.07) is 6.09. The van der Waals surface area contributed by atoms with Gasteiger partial charge in [0.25, 0.3) is 0 Å². The van der Waals surface area contributed by atoms with Gasteiger partial charge in [0.2, 0.25) is 11.8 Å². The highest BCUT2D eigenvalue weighted by Crippen LogP contribution is 2.22. The van der Waals surface area contributed by atoms with Crippen LogP contribution in [0.2, 0.25) is 0 Å². The second kappa shape index (κ2) is 8.14. The van der Waals surface area contributed by atoms with Crippen LogP contribution in [0.15, 0.2) is 18.2 Å². The summed E-state index contributed by atoms with van der Waals surface area (Å²) in [6.45, 7) is 7.77. The number of hydrogen-bond acceptors (Lipinski definition) is 2. The highest BCUT2D eigenvalue weighted by atomic mass is 16.2. The number of hydrogen-bond donors (Lipinski definition) is 0. The maximum absolute atomic E-state index is 12.4. The molecule has 1 aromatic carbocycles. The van der Waals surface area contributed by atoms with Crippen molar-refractivity contribution < 1.29 is 9.59 Å². The Hall–Kier alpha value is -1.84. The van der Waals surface area contributed by atoms with Gasteiger partial charge >= 0.3 is 0 Å². The highest BCUT2D eigenvalue weighted by molar-refractivity contribution is 5.93. The summed E-state index contributed by atoms with van der Waals surface area (Å²) in [7, 11) is 0. The van der Waals surface area contributed by atoms with Crippen LogP contribution in [0.25, 0.3) is 0 Å². The minimum absolute atomic E-state index is 0.0117. The molecule has 2 rings (SSSR count). The summed E-state index contributed by atoms with van der Waals surface area (Å²) < 4.78 is 0. The lowest BCUT2D eigenvalue weighted by Gasteiger charge is -2.26. The fourth-order valence-corrected chi connectivity index (χ4v) is 3.14. The third-order valence-electron chi connectivity index (χ3n) is 4.54. The molecule has 1 aliphatic heterocycles. The van der Waals surface area contributed by atoms with E-state index in [1.807, 2.05) is 36.9 Å². The fraction of sp³-hybridized carbons (Fsp3) is 0.579. The first-order valence-corrected chi connectivity index (χ1v) is 8.62. The number of amides is 2. The number of anilines is 1. The quantitative estimate of drug-likeness (QED) is 0.853. The molecule has 23 heavy (non-hydrogen) atoms. The zero-order valence-electron chi connectivity index (χ0n) is 14.6. The lowest BCUT2D eigenvalue weighted by Crippen LogP contribution is -2.37. The Bertz CT molecular complexity index is 560. The first-order valence-electron chi connectivity index (χ1n) is 8.62. The molecule has 0 unspecified atom stereocenters. The molecule has 4 nitrogen and oxygen atoms in total. The molecule has 0 radical (unpaired) electrons. The van der Waals surface area contributed by atoms with Gasteiger partial charge in [-0.1, -0.05) is 25.0 Å².